The van der Waals surface area contributed by atoms with Crippen molar-refractivity contribution in [2.45, 2.75) is 122 Å². The van der Waals surface area contributed by atoms with Crippen molar-refractivity contribution in [1.82, 2.24) is 15.5 Å². The molecule has 0 aliphatic carbocycles. The van der Waals surface area contributed by atoms with Crippen molar-refractivity contribution < 1.29 is 28.8 Å². The van der Waals surface area contributed by atoms with Crippen LogP contribution in [0.3, 0.4) is 0 Å². The van der Waals surface area contributed by atoms with E-state index in [4.69, 9.17) is 9.31 Å². The van der Waals surface area contributed by atoms with E-state index in [9.17, 15) is 19.5 Å². The van der Waals surface area contributed by atoms with Gasteiger partial charge in [-0.25, -0.2) is 4.79 Å². The minimum absolute atomic E-state index is 0.315. The highest BCUT2D eigenvalue weighted by atomic mass is 16.7. The largest absolute Gasteiger partial charge is 0.465 e. The summed E-state index contributed by atoms with van der Waals surface area (Å²) in [6, 6.07) is -0.906. The van der Waals surface area contributed by atoms with E-state index in [0.29, 0.717) is 32.0 Å². The summed E-state index contributed by atoms with van der Waals surface area (Å²) >= 11 is 0. The van der Waals surface area contributed by atoms with Crippen molar-refractivity contribution in [2.75, 3.05) is 0 Å². The van der Waals surface area contributed by atoms with Crippen molar-refractivity contribution in [1.29, 1.82) is 0 Å². The van der Waals surface area contributed by atoms with Gasteiger partial charge in [0.05, 0.1) is 17.2 Å². The van der Waals surface area contributed by atoms with Gasteiger partial charge in [0.25, 0.3) is 0 Å². The van der Waals surface area contributed by atoms with Gasteiger partial charge in [0.2, 0.25) is 11.8 Å². The van der Waals surface area contributed by atoms with Crippen LogP contribution in [0, 0.1) is 5.92 Å². The average Bonchev–Trinajstić information content (AvgIpc) is 3.21. The number of hydrogen-bond donors (Lipinski definition) is 3. The number of carbonyl (C=O) groups excluding carboxylic acids is 2. The third-order valence-corrected chi connectivity index (χ3v) is 7.73. The predicted molar refractivity (Wildman–Crippen MR) is 125 cm³/mol. The van der Waals surface area contributed by atoms with Crippen LogP contribution in [-0.2, 0) is 18.9 Å². The Balaban J connectivity index is 1.85. The quantitative estimate of drug-likeness (QED) is 0.520. The van der Waals surface area contributed by atoms with Crippen LogP contribution in [0.15, 0.2) is 0 Å². The smallest absolute Gasteiger partial charge is 0.457 e. The van der Waals surface area contributed by atoms with Gasteiger partial charge in [-0.3, -0.25) is 14.5 Å². The second kappa shape index (κ2) is 8.45. The van der Waals surface area contributed by atoms with Crippen molar-refractivity contribution in [3.8, 4) is 0 Å². The number of nitrogens with one attached hydrogen (secondary N) is 2. The van der Waals surface area contributed by atoms with Gasteiger partial charge in [0.15, 0.2) is 0 Å². The van der Waals surface area contributed by atoms with Gasteiger partial charge in [0, 0.05) is 24.4 Å². The van der Waals surface area contributed by atoms with Crippen LogP contribution in [0.2, 0.25) is 6.32 Å². The van der Waals surface area contributed by atoms with E-state index < -0.39 is 34.4 Å². The number of carbonyl (C=O) groups is 3. The molecule has 4 unspecified atom stereocenters. The first-order valence-corrected chi connectivity index (χ1v) is 12.0. The Bertz CT molecular complexity index is 795. The molecule has 186 valence electrons. The zero-order valence-electron chi connectivity index (χ0n) is 21.3. The molecule has 0 aromatic carbocycles. The summed E-state index contributed by atoms with van der Waals surface area (Å²) in [7, 11) is -0.359. The fourth-order valence-electron chi connectivity index (χ4n) is 5.80. The number of hydrogen-bond acceptors (Lipinski definition) is 5. The third kappa shape index (κ3) is 4.61. The van der Waals surface area contributed by atoms with Crippen LogP contribution in [0.1, 0.15) is 81.1 Å². The molecule has 0 spiro atoms. The van der Waals surface area contributed by atoms with Gasteiger partial charge in [0.1, 0.15) is 5.54 Å². The molecular formula is C23H40BN3O6. The number of carboxylic acid groups (broad SMARTS) is 1. The van der Waals surface area contributed by atoms with E-state index in [1.54, 1.807) is 0 Å². The first-order valence-electron chi connectivity index (χ1n) is 12.0. The molecule has 0 radical (unpaired) electrons. The molecule has 3 aliphatic rings. The van der Waals surface area contributed by atoms with Gasteiger partial charge in [-0.05, 0) is 74.0 Å². The van der Waals surface area contributed by atoms with Gasteiger partial charge in [-0.1, -0.05) is 6.42 Å². The van der Waals surface area contributed by atoms with Crippen LogP contribution < -0.4 is 10.6 Å². The SMILES string of the molecule is CC(=O)NC1(C(=O)NC(C)(C)C)C(CCCB2OC(C)(C)C(C)(C)O2)C2CCC1N2C(=O)O. The lowest BCUT2D eigenvalue weighted by molar-refractivity contribution is -0.137. The molecule has 3 heterocycles. The summed E-state index contributed by atoms with van der Waals surface area (Å²) in [4.78, 5) is 39.5. The van der Waals surface area contributed by atoms with Crippen molar-refractivity contribution in [3.63, 3.8) is 0 Å². The molecule has 3 amide bonds. The molecular weight excluding hydrogens is 425 g/mol. The molecule has 2 bridgehead atoms. The van der Waals surface area contributed by atoms with Crippen LogP contribution in [0.5, 0.6) is 0 Å². The fourth-order valence-corrected chi connectivity index (χ4v) is 5.80. The van der Waals surface area contributed by atoms with Crippen LogP contribution >= 0.6 is 0 Å². The van der Waals surface area contributed by atoms with Crippen molar-refractivity contribution in [3.05, 3.63) is 0 Å². The molecule has 4 atom stereocenters. The Morgan fingerprint density at radius 1 is 1.09 bits per heavy atom. The molecule has 9 nitrogen and oxygen atoms in total. The molecule has 3 rings (SSSR count). The van der Waals surface area contributed by atoms with Crippen LogP contribution in [-0.4, -0.2) is 69.4 Å². The molecule has 33 heavy (non-hydrogen) atoms. The van der Waals surface area contributed by atoms with Crippen molar-refractivity contribution in [2.24, 2.45) is 5.92 Å². The lowest BCUT2D eigenvalue weighted by Gasteiger charge is -2.43. The maximum absolute atomic E-state index is 13.7. The van der Waals surface area contributed by atoms with Gasteiger partial charge in [-0.15, -0.1) is 0 Å². The highest BCUT2D eigenvalue weighted by Gasteiger charge is 2.68. The van der Waals surface area contributed by atoms with Crippen LogP contribution in [0.4, 0.5) is 4.79 Å². The summed E-state index contributed by atoms with van der Waals surface area (Å²) < 4.78 is 12.2. The number of rotatable bonds is 6. The molecule has 0 saturated carbocycles. The summed E-state index contributed by atoms with van der Waals surface area (Å²) in [6.07, 6.45) is 2.07. The van der Waals surface area contributed by atoms with Gasteiger partial charge in [-0.2, -0.15) is 0 Å². The van der Waals surface area contributed by atoms with Gasteiger partial charge < -0.3 is 25.0 Å². The zero-order chi connectivity index (χ0) is 25.0. The van der Waals surface area contributed by atoms with E-state index in [0.717, 1.165) is 0 Å². The molecule has 3 N–H and O–H groups in total. The summed E-state index contributed by atoms with van der Waals surface area (Å²) in [5.74, 6) is -0.988. The highest BCUT2D eigenvalue weighted by molar-refractivity contribution is 6.45. The topological polar surface area (TPSA) is 117 Å². The maximum Gasteiger partial charge on any atom is 0.457 e. The second-order valence-corrected chi connectivity index (χ2v) is 11.8. The monoisotopic (exact) mass is 465 g/mol. The van der Waals surface area contributed by atoms with E-state index in [2.05, 4.69) is 10.6 Å². The van der Waals surface area contributed by atoms with Gasteiger partial charge >= 0.3 is 13.2 Å². The van der Waals surface area contributed by atoms with E-state index in [-0.39, 0.29) is 30.9 Å². The Morgan fingerprint density at radius 3 is 2.15 bits per heavy atom. The lowest BCUT2D eigenvalue weighted by atomic mass is 9.68. The molecule has 0 aromatic heterocycles. The molecule has 3 aliphatic heterocycles. The third-order valence-electron chi connectivity index (χ3n) is 7.73. The minimum Gasteiger partial charge on any atom is -0.465 e. The maximum atomic E-state index is 13.7. The number of nitrogens with zero attached hydrogens (tertiary/aromatic N) is 1. The first-order chi connectivity index (χ1) is 15.0. The van der Waals surface area contributed by atoms with Crippen LogP contribution in [0.25, 0.3) is 0 Å². The normalized spacial score (nSPS) is 32.2. The predicted octanol–water partition coefficient (Wildman–Crippen LogP) is 2.79. The highest BCUT2D eigenvalue weighted by Crippen LogP contribution is 2.51. The first kappa shape index (κ1) is 25.8. The lowest BCUT2D eigenvalue weighted by Crippen LogP contribution is -2.70. The summed E-state index contributed by atoms with van der Waals surface area (Å²) in [5, 5.41) is 15.9. The summed E-state index contributed by atoms with van der Waals surface area (Å²) in [5.41, 5.74) is -2.66. The number of fused-ring (bicyclic) bond motifs is 2. The molecule has 10 heteroatoms. The second-order valence-electron chi connectivity index (χ2n) is 11.8. The summed E-state index contributed by atoms with van der Waals surface area (Å²) in [6.45, 7) is 15.0. The molecule has 3 fully saturated rings. The Hall–Kier alpha value is -1.81. The zero-order valence-corrected chi connectivity index (χ0v) is 21.3. The molecule has 3 saturated heterocycles. The number of amides is 3. The molecule has 0 aromatic rings. The van der Waals surface area contributed by atoms with Crippen molar-refractivity contribution >= 4 is 25.0 Å². The van der Waals surface area contributed by atoms with E-state index >= 15 is 0 Å². The Kier molecular flexibility index (Phi) is 6.61. The standard InChI is InChI=1S/C23H40BN3O6/c1-14(28)25-23(18(29)26-20(2,3)4)15(16-11-12-17(23)27(16)19(30)31)10-9-13-24-32-21(5,6)22(7,8)33-24/h15-17H,9-13H2,1-8H3,(H,25,28)(H,26,29)(H,30,31). The Labute approximate surface area is 197 Å². The fraction of sp³-hybridized carbons (Fsp3) is 0.870. The average molecular weight is 465 g/mol. The minimum atomic E-state index is -1.30. The van der Waals surface area contributed by atoms with E-state index in [1.807, 2.05) is 48.5 Å². The van der Waals surface area contributed by atoms with E-state index in [1.165, 1.54) is 11.8 Å². The Morgan fingerprint density at radius 2 is 1.67 bits per heavy atom.